The summed E-state index contributed by atoms with van der Waals surface area (Å²) in [5.41, 5.74) is 7.59. The van der Waals surface area contributed by atoms with Gasteiger partial charge in [0.2, 0.25) is 6.41 Å². The molecule has 0 aliphatic carbocycles. The predicted molar refractivity (Wildman–Crippen MR) is 69.7 cm³/mol. The van der Waals surface area contributed by atoms with Crippen LogP contribution in [0.4, 0.5) is 0 Å². The Morgan fingerprint density at radius 3 is 2.76 bits per heavy atom. The minimum atomic E-state index is -0.211. The van der Waals surface area contributed by atoms with Crippen LogP contribution in [-0.2, 0) is 10.3 Å². The number of nitrogens with zero attached hydrogens (tertiary/aromatic N) is 2. The maximum absolute atomic E-state index is 8.98. The van der Waals surface area contributed by atoms with Gasteiger partial charge in [-0.25, -0.2) is 0 Å². The summed E-state index contributed by atoms with van der Waals surface area (Å²) in [5.74, 6) is 0.922. The van der Waals surface area contributed by atoms with E-state index in [1.54, 1.807) is 11.8 Å². The summed E-state index contributed by atoms with van der Waals surface area (Å²) < 4.78 is 0. The van der Waals surface area contributed by atoms with Crippen LogP contribution >= 0.6 is 11.8 Å². The Hall–Kier alpha value is -1.80. The van der Waals surface area contributed by atoms with Gasteiger partial charge in [-0.05, 0) is 18.6 Å². The average molecular weight is 247 g/mol. The van der Waals surface area contributed by atoms with Crippen molar-refractivity contribution in [3.05, 3.63) is 35.4 Å². The third-order valence-corrected chi connectivity index (χ3v) is 3.39. The van der Waals surface area contributed by atoms with Crippen LogP contribution in [0.2, 0.25) is 0 Å². The first-order valence-electron chi connectivity index (χ1n) is 4.98. The molecule has 0 fully saturated rings. The number of hydrogen-bond acceptors (Lipinski definition) is 4. The first-order valence-corrected chi connectivity index (χ1v) is 6.03. The fraction of sp³-hybridized carbons (Fsp3) is 0.250. The van der Waals surface area contributed by atoms with Crippen LogP contribution in [0.15, 0.2) is 29.3 Å². The van der Waals surface area contributed by atoms with Crippen molar-refractivity contribution in [1.82, 2.24) is 0 Å². The first kappa shape index (κ1) is 13.3. The monoisotopic (exact) mass is 247 g/mol. The second kappa shape index (κ2) is 6.06. The molecule has 1 atom stereocenters. The molecule has 1 aromatic rings. The number of benzene rings is 1. The van der Waals surface area contributed by atoms with Gasteiger partial charge in [-0.2, -0.15) is 5.26 Å². The van der Waals surface area contributed by atoms with E-state index in [4.69, 9.17) is 10.1 Å². The molecule has 0 saturated carbocycles. The lowest BCUT2D eigenvalue weighted by Gasteiger charge is -2.21. The van der Waals surface area contributed by atoms with Crippen LogP contribution in [0.5, 0.6) is 0 Å². The second-order valence-electron chi connectivity index (χ2n) is 3.61. The van der Waals surface area contributed by atoms with E-state index in [9.17, 15) is 0 Å². The van der Waals surface area contributed by atoms with Crippen molar-refractivity contribution in [1.29, 1.82) is 5.26 Å². The number of rotatable bonds is 1. The van der Waals surface area contributed by atoms with E-state index in [1.807, 2.05) is 29.8 Å². The van der Waals surface area contributed by atoms with Crippen molar-refractivity contribution in [3.63, 3.8) is 0 Å². The van der Waals surface area contributed by atoms with Crippen molar-refractivity contribution < 1.29 is 4.79 Å². The Balaban J connectivity index is 0.000000437. The molecule has 1 aliphatic heterocycles. The quantitative estimate of drug-likeness (QED) is 0.766. The number of aliphatic imine (C=N–C) groups is 1. The highest BCUT2D eigenvalue weighted by molar-refractivity contribution is 8.12. The highest BCUT2D eigenvalue weighted by Crippen LogP contribution is 2.35. The van der Waals surface area contributed by atoms with Crippen molar-refractivity contribution in [2.45, 2.75) is 12.5 Å². The number of nitriles is 1. The van der Waals surface area contributed by atoms with Crippen LogP contribution in [0.3, 0.4) is 0 Å². The fourth-order valence-electron chi connectivity index (χ4n) is 1.59. The standard InChI is InChI=1S/C11H10N2S.CH3NO/c1-11(7-14-8-13-11)10-5-3-2-4-9(10)6-12;2-1-3/h2-5,8H,7H2,1H3;1H,(H2,2,3). The van der Waals surface area contributed by atoms with Crippen molar-refractivity contribution in [3.8, 4) is 6.07 Å². The van der Waals surface area contributed by atoms with Gasteiger partial charge in [0, 0.05) is 5.75 Å². The number of nitrogens with two attached hydrogens (primary N) is 1. The third-order valence-electron chi connectivity index (χ3n) is 2.40. The summed E-state index contributed by atoms with van der Waals surface area (Å²) in [7, 11) is 0. The SMILES string of the molecule is CC1(c2ccccc2C#N)CSC=N1.NC=O. The zero-order chi connectivity index (χ0) is 12.7. The van der Waals surface area contributed by atoms with E-state index < -0.39 is 0 Å². The Bertz CT molecular complexity index is 467. The molecule has 1 heterocycles. The molecule has 0 spiro atoms. The lowest BCUT2D eigenvalue weighted by Crippen LogP contribution is -2.20. The van der Waals surface area contributed by atoms with E-state index in [1.165, 1.54) is 0 Å². The number of hydrogen-bond donors (Lipinski definition) is 1. The van der Waals surface area contributed by atoms with Gasteiger partial charge in [-0.1, -0.05) is 18.2 Å². The Kier molecular flexibility index (Phi) is 4.73. The molecule has 5 heteroatoms. The molecule has 0 bridgehead atoms. The van der Waals surface area contributed by atoms with Gasteiger partial charge in [0.15, 0.2) is 0 Å². The summed E-state index contributed by atoms with van der Waals surface area (Å²) in [4.78, 5) is 13.0. The minimum absolute atomic E-state index is 0.211. The largest absolute Gasteiger partial charge is 0.372 e. The average Bonchev–Trinajstić information content (AvgIpc) is 2.78. The Morgan fingerprint density at radius 2 is 2.24 bits per heavy atom. The van der Waals surface area contributed by atoms with Crippen LogP contribution in [-0.4, -0.2) is 17.7 Å². The maximum atomic E-state index is 8.98. The summed E-state index contributed by atoms with van der Waals surface area (Å²) in [6, 6.07) is 9.89. The zero-order valence-electron chi connectivity index (χ0n) is 9.46. The molecular weight excluding hydrogens is 234 g/mol. The molecule has 88 valence electrons. The van der Waals surface area contributed by atoms with Crippen molar-refractivity contribution in [2.24, 2.45) is 10.7 Å². The van der Waals surface area contributed by atoms with Gasteiger partial charge < -0.3 is 5.73 Å². The fourth-order valence-corrected chi connectivity index (χ4v) is 2.52. The van der Waals surface area contributed by atoms with Gasteiger partial charge in [0.25, 0.3) is 0 Å². The maximum Gasteiger partial charge on any atom is 0.204 e. The van der Waals surface area contributed by atoms with Gasteiger partial charge in [0.05, 0.1) is 22.7 Å². The number of carbonyl (C=O) groups excluding carboxylic acids is 1. The number of amides is 1. The van der Waals surface area contributed by atoms with Crippen LogP contribution in [0.25, 0.3) is 0 Å². The summed E-state index contributed by atoms with van der Waals surface area (Å²) >= 11 is 1.69. The molecule has 4 nitrogen and oxygen atoms in total. The number of thioether (sulfide) groups is 1. The van der Waals surface area contributed by atoms with Crippen LogP contribution in [0.1, 0.15) is 18.1 Å². The minimum Gasteiger partial charge on any atom is -0.372 e. The number of carbonyl (C=O) groups is 1. The van der Waals surface area contributed by atoms with E-state index in [0.29, 0.717) is 0 Å². The summed E-state index contributed by atoms with van der Waals surface area (Å²) in [6.07, 6.45) is 0.250. The molecule has 17 heavy (non-hydrogen) atoms. The number of primary amides is 1. The second-order valence-corrected chi connectivity index (χ2v) is 4.45. The first-order chi connectivity index (χ1) is 8.18. The van der Waals surface area contributed by atoms with E-state index >= 15 is 0 Å². The van der Waals surface area contributed by atoms with Crippen LogP contribution < -0.4 is 5.73 Å². The highest BCUT2D eigenvalue weighted by Gasteiger charge is 2.30. The van der Waals surface area contributed by atoms with E-state index in [0.717, 1.165) is 16.9 Å². The summed E-state index contributed by atoms with van der Waals surface area (Å²) in [6.45, 7) is 2.07. The van der Waals surface area contributed by atoms with Crippen molar-refractivity contribution in [2.75, 3.05) is 5.75 Å². The predicted octanol–water partition coefficient (Wildman–Crippen LogP) is 1.65. The molecule has 1 aliphatic rings. The molecule has 0 aromatic heterocycles. The van der Waals surface area contributed by atoms with Crippen molar-refractivity contribution >= 4 is 23.7 Å². The van der Waals surface area contributed by atoms with Gasteiger partial charge in [-0.15, -0.1) is 11.8 Å². The molecule has 0 saturated heterocycles. The smallest absolute Gasteiger partial charge is 0.204 e. The van der Waals surface area contributed by atoms with E-state index in [-0.39, 0.29) is 11.9 Å². The molecule has 1 aromatic carbocycles. The molecule has 0 radical (unpaired) electrons. The normalized spacial score (nSPS) is 21.2. The molecule has 1 unspecified atom stereocenters. The Morgan fingerprint density at radius 1 is 1.59 bits per heavy atom. The summed E-state index contributed by atoms with van der Waals surface area (Å²) in [5, 5.41) is 8.98. The third kappa shape index (κ3) is 3.08. The lowest BCUT2D eigenvalue weighted by atomic mass is 9.91. The highest BCUT2D eigenvalue weighted by atomic mass is 32.2. The van der Waals surface area contributed by atoms with Gasteiger partial charge in [0.1, 0.15) is 0 Å². The molecular formula is C12H13N3OS. The molecule has 2 rings (SSSR count). The Labute approximate surface area is 105 Å². The molecule has 1 amide bonds. The lowest BCUT2D eigenvalue weighted by molar-refractivity contribution is -0.106. The molecule has 2 N–H and O–H groups in total. The van der Waals surface area contributed by atoms with Gasteiger partial charge >= 0.3 is 0 Å². The van der Waals surface area contributed by atoms with E-state index in [2.05, 4.69) is 23.7 Å². The van der Waals surface area contributed by atoms with Crippen LogP contribution in [0, 0.1) is 11.3 Å². The van der Waals surface area contributed by atoms with Gasteiger partial charge in [-0.3, -0.25) is 9.79 Å². The zero-order valence-corrected chi connectivity index (χ0v) is 10.3. The topological polar surface area (TPSA) is 79.2 Å².